The van der Waals surface area contributed by atoms with Crippen molar-refractivity contribution < 1.29 is 0 Å². The zero-order valence-corrected chi connectivity index (χ0v) is 17.0. The van der Waals surface area contributed by atoms with E-state index < -0.39 is 0 Å². The molecule has 5 rings (SSSR count). The number of aromatic nitrogens is 1. The number of halogens is 1. The smallest absolute Gasteiger partial charge is 0.0497 e. The number of nitrogens with one attached hydrogen (secondary N) is 1. The number of hydrogen-bond donors (Lipinski definition) is 2. The summed E-state index contributed by atoms with van der Waals surface area (Å²) >= 11 is 8.16. The number of benzene rings is 3. The van der Waals surface area contributed by atoms with Gasteiger partial charge in [-0.05, 0) is 73.3 Å². The minimum atomic E-state index is 0.727. The normalized spacial score (nSPS) is 11.8. The molecular weight excluding hydrogens is 384 g/mol. The van der Waals surface area contributed by atoms with Gasteiger partial charge in [-0.3, -0.25) is 0 Å². The summed E-state index contributed by atoms with van der Waals surface area (Å²) in [5.74, 6) is 0. The summed E-state index contributed by atoms with van der Waals surface area (Å²) in [6.07, 6.45) is 3.10. The van der Waals surface area contributed by atoms with E-state index in [0.717, 1.165) is 36.3 Å². The first-order valence-electron chi connectivity index (χ1n) is 9.66. The summed E-state index contributed by atoms with van der Waals surface area (Å²) in [7, 11) is 0. The van der Waals surface area contributed by atoms with Crippen LogP contribution in [0.3, 0.4) is 0 Å². The number of nitrogens with two attached hydrogens (primary N) is 1. The molecule has 140 valence electrons. The number of H-pyrrole nitrogens is 1. The lowest BCUT2D eigenvalue weighted by Gasteiger charge is -2.06. The van der Waals surface area contributed by atoms with Crippen molar-refractivity contribution in [1.29, 1.82) is 0 Å². The monoisotopic (exact) mass is 404 g/mol. The molecule has 28 heavy (non-hydrogen) atoms. The Morgan fingerprint density at radius 3 is 2.61 bits per heavy atom. The highest BCUT2D eigenvalue weighted by atomic mass is 35.5. The Hall–Kier alpha value is -2.33. The molecule has 0 aliphatic rings. The molecular formula is C24H21ClN2S. The van der Waals surface area contributed by atoms with Gasteiger partial charge in [-0.1, -0.05) is 35.9 Å². The lowest BCUT2D eigenvalue weighted by molar-refractivity contribution is 0.748. The Labute approximate surface area is 172 Å². The van der Waals surface area contributed by atoms with Gasteiger partial charge in [0.25, 0.3) is 0 Å². The van der Waals surface area contributed by atoms with E-state index in [1.54, 1.807) is 0 Å². The number of unbranched alkanes of at least 4 members (excludes halogenated alkanes) is 1. The Morgan fingerprint density at radius 1 is 0.857 bits per heavy atom. The molecule has 2 nitrogen and oxygen atoms in total. The van der Waals surface area contributed by atoms with Crippen LogP contribution in [0.25, 0.3) is 42.3 Å². The Balaban J connectivity index is 1.71. The first-order chi connectivity index (χ1) is 13.7. The van der Waals surface area contributed by atoms with Crippen molar-refractivity contribution in [1.82, 2.24) is 4.98 Å². The molecule has 0 spiro atoms. The van der Waals surface area contributed by atoms with Crippen LogP contribution in [0.1, 0.15) is 18.4 Å². The van der Waals surface area contributed by atoms with E-state index in [1.807, 2.05) is 17.4 Å². The van der Waals surface area contributed by atoms with Crippen molar-refractivity contribution in [2.75, 3.05) is 6.54 Å². The highest BCUT2D eigenvalue weighted by Crippen LogP contribution is 2.38. The predicted octanol–water partition coefficient (Wildman–Crippen LogP) is 7.14. The van der Waals surface area contributed by atoms with Gasteiger partial charge in [0.05, 0.1) is 0 Å². The highest BCUT2D eigenvalue weighted by Gasteiger charge is 2.15. The molecule has 3 aromatic carbocycles. The maximum atomic E-state index is 6.30. The maximum absolute atomic E-state index is 6.30. The van der Waals surface area contributed by atoms with E-state index in [0.29, 0.717) is 0 Å². The zero-order valence-electron chi connectivity index (χ0n) is 15.5. The molecule has 0 aliphatic heterocycles. The van der Waals surface area contributed by atoms with Crippen LogP contribution in [0.4, 0.5) is 0 Å². The van der Waals surface area contributed by atoms with E-state index >= 15 is 0 Å². The van der Waals surface area contributed by atoms with Gasteiger partial charge in [0.15, 0.2) is 0 Å². The number of fused-ring (bicyclic) bond motifs is 4. The zero-order chi connectivity index (χ0) is 19.1. The standard InChI is InChI=1S/C24H21ClN2S/c25-16-9-10-21-19(14-16)18(6-3-4-12-26)24(27-21)15-8-11-23-20(13-15)17-5-1-2-7-22(17)28-23/h1-2,5,7-11,13-14,27H,3-4,6,12,26H2. The summed E-state index contributed by atoms with van der Waals surface area (Å²) in [5.41, 5.74) is 10.6. The van der Waals surface area contributed by atoms with Gasteiger partial charge < -0.3 is 10.7 Å². The quantitative estimate of drug-likeness (QED) is 0.300. The molecule has 3 N–H and O–H groups in total. The van der Waals surface area contributed by atoms with Gasteiger partial charge in [0, 0.05) is 41.8 Å². The van der Waals surface area contributed by atoms with Crippen molar-refractivity contribution >= 4 is 54.0 Å². The first kappa shape index (κ1) is 17.7. The van der Waals surface area contributed by atoms with E-state index in [9.17, 15) is 0 Å². The second-order valence-corrected chi connectivity index (χ2v) is 8.74. The number of aryl methyl sites for hydroxylation is 1. The van der Waals surface area contributed by atoms with Crippen LogP contribution in [-0.4, -0.2) is 11.5 Å². The third kappa shape index (κ3) is 3.00. The second-order valence-electron chi connectivity index (χ2n) is 7.22. The summed E-state index contributed by atoms with van der Waals surface area (Å²) in [6.45, 7) is 0.727. The third-order valence-electron chi connectivity index (χ3n) is 5.41. The molecule has 0 aliphatic carbocycles. The maximum Gasteiger partial charge on any atom is 0.0497 e. The van der Waals surface area contributed by atoms with Crippen LogP contribution in [0.5, 0.6) is 0 Å². The minimum absolute atomic E-state index is 0.727. The number of hydrogen-bond acceptors (Lipinski definition) is 2. The van der Waals surface area contributed by atoms with Crippen LogP contribution in [0.15, 0.2) is 60.7 Å². The number of thiophene rings is 1. The van der Waals surface area contributed by atoms with Gasteiger partial charge in [0.2, 0.25) is 0 Å². The molecule has 2 aromatic heterocycles. The minimum Gasteiger partial charge on any atom is -0.354 e. The second kappa shape index (κ2) is 7.25. The van der Waals surface area contributed by atoms with Crippen molar-refractivity contribution in [2.24, 2.45) is 5.73 Å². The summed E-state index contributed by atoms with van der Waals surface area (Å²) < 4.78 is 2.66. The summed E-state index contributed by atoms with van der Waals surface area (Å²) in [6, 6.07) is 21.5. The number of aromatic amines is 1. The Kier molecular flexibility index (Phi) is 4.59. The number of rotatable bonds is 5. The van der Waals surface area contributed by atoms with Gasteiger partial charge >= 0.3 is 0 Å². The molecule has 0 saturated carbocycles. The van der Waals surface area contributed by atoms with Gasteiger partial charge in [-0.25, -0.2) is 0 Å². The lowest BCUT2D eigenvalue weighted by Crippen LogP contribution is -1.99. The van der Waals surface area contributed by atoms with Gasteiger partial charge in [-0.2, -0.15) is 0 Å². The molecule has 0 saturated heterocycles. The van der Waals surface area contributed by atoms with Crippen LogP contribution in [-0.2, 0) is 6.42 Å². The Morgan fingerprint density at radius 2 is 1.71 bits per heavy atom. The molecule has 0 radical (unpaired) electrons. The molecule has 0 atom stereocenters. The SMILES string of the molecule is NCCCCc1c(-c2ccc3sc4ccccc4c3c2)[nH]c2ccc(Cl)cc12. The molecule has 4 heteroatoms. The van der Waals surface area contributed by atoms with Crippen LogP contribution in [0, 0.1) is 0 Å². The third-order valence-corrected chi connectivity index (χ3v) is 6.80. The average molecular weight is 405 g/mol. The fourth-order valence-corrected chi connectivity index (χ4v) is 5.31. The van der Waals surface area contributed by atoms with E-state index in [1.165, 1.54) is 42.4 Å². The first-order valence-corrected chi connectivity index (χ1v) is 10.9. The van der Waals surface area contributed by atoms with E-state index in [4.69, 9.17) is 17.3 Å². The van der Waals surface area contributed by atoms with Gasteiger partial charge in [0.1, 0.15) is 0 Å². The summed E-state index contributed by atoms with van der Waals surface area (Å²) in [5, 5.41) is 4.64. The Bertz CT molecular complexity index is 1300. The fraction of sp³-hybridized carbons (Fsp3) is 0.167. The average Bonchev–Trinajstić information content (AvgIpc) is 3.26. The van der Waals surface area contributed by atoms with E-state index in [2.05, 4.69) is 59.6 Å². The molecule has 0 bridgehead atoms. The van der Waals surface area contributed by atoms with E-state index in [-0.39, 0.29) is 0 Å². The summed E-state index contributed by atoms with van der Waals surface area (Å²) in [4.78, 5) is 3.65. The molecule has 2 heterocycles. The topological polar surface area (TPSA) is 41.8 Å². The lowest BCUT2D eigenvalue weighted by atomic mass is 9.99. The molecule has 0 unspecified atom stereocenters. The highest BCUT2D eigenvalue weighted by molar-refractivity contribution is 7.25. The molecule has 5 aromatic rings. The van der Waals surface area contributed by atoms with Crippen LogP contribution < -0.4 is 5.73 Å². The van der Waals surface area contributed by atoms with Crippen molar-refractivity contribution in [2.45, 2.75) is 19.3 Å². The largest absolute Gasteiger partial charge is 0.354 e. The van der Waals surface area contributed by atoms with Gasteiger partial charge in [-0.15, -0.1) is 11.3 Å². The van der Waals surface area contributed by atoms with Crippen molar-refractivity contribution in [3.8, 4) is 11.3 Å². The van der Waals surface area contributed by atoms with Crippen molar-refractivity contribution in [3.63, 3.8) is 0 Å². The molecule has 0 fully saturated rings. The van der Waals surface area contributed by atoms with Crippen LogP contribution in [0.2, 0.25) is 5.02 Å². The van der Waals surface area contributed by atoms with Crippen molar-refractivity contribution in [3.05, 3.63) is 71.2 Å². The van der Waals surface area contributed by atoms with Crippen LogP contribution >= 0.6 is 22.9 Å². The fourth-order valence-electron chi connectivity index (χ4n) is 4.05. The predicted molar refractivity (Wildman–Crippen MR) is 124 cm³/mol. The molecule has 0 amide bonds.